The van der Waals surface area contributed by atoms with Crippen molar-refractivity contribution in [2.75, 3.05) is 31.3 Å². The summed E-state index contributed by atoms with van der Waals surface area (Å²) >= 11 is 0. The molecule has 0 saturated heterocycles. The summed E-state index contributed by atoms with van der Waals surface area (Å²) in [5, 5.41) is 5.43. The molecular formula is C17H20FN3O3S. The van der Waals surface area contributed by atoms with Crippen LogP contribution in [0.15, 0.2) is 47.4 Å². The lowest BCUT2D eigenvalue weighted by atomic mass is 10.2. The van der Waals surface area contributed by atoms with Crippen molar-refractivity contribution in [1.82, 2.24) is 4.31 Å². The van der Waals surface area contributed by atoms with Gasteiger partial charge in [-0.05, 0) is 42.8 Å². The minimum absolute atomic E-state index is 0.0823. The average molecular weight is 365 g/mol. The van der Waals surface area contributed by atoms with Crippen LogP contribution in [0.3, 0.4) is 0 Å². The van der Waals surface area contributed by atoms with Crippen molar-refractivity contribution < 1.29 is 17.6 Å². The van der Waals surface area contributed by atoms with Crippen molar-refractivity contribution in [1.29, 1.82) is 0 Å². The lowest BCUT2D eigenvalue weighted by Crippen LogP contribution is -2.24. The van der Waals surface area contributed by atoms with Gasteiger partial charge < -0.3 is 10.6 Å². The number of nitrogens with zero attached hydrogens (tertiary/aromatic N) is 1. The maximum absolute atomic E-state index is 13.1. The maximum atomic E-state index is 13.1. The third-order valence-corrected chi connectivity index (χ3v) is 5.47. The van der Waals surface area contributed by atoms with E-state index in [0.29, 0.717) is 16.9 Å². The first kappa shape index (κ1) is 18.9. The van der Waals surface area contributed by atoms with Gasteiger partial charge in [-0.1, -0.05) is 12.1 Å². The minimum Gasteiger partial charge on any atom is -0.376 e. The Hall–Kier alpha value is -2.45. The molecule has 0 unspecified atom stereocenters. The summed E-state index contributed by atoms with van der Waals surface area (Å²) in [4.78, 5) is 12.1. The number of hydrogen-bond acceptors (Lipinski definition) is 4. The number of amides is 1. The Labute approximate surface area is 146 Å². The van der Waals surface area contributed by atoms with E-state index in [4.69, 9.17) is 0 Å². The van der Waals surface area contributed by atoms with Crippen LogP contribution in [0, 0.1) is 12.7 Å². The van der Waals surface area contributed by atoms with E-state index in [1.165, 1.54) is 38.4 Å². The molecule has 2 aromatic carbocycles. The van der Waals surface area contributed by atoms with Gasteiger partial charge in [0, 0.05) is 25.5 Å². The van der Waals surface area contributed by atoms with Crippen molar-refractivity contribution in [3.63, 3.8) is 0 Å². The Balaban J connectivity index is 2.07. The summed E-state index contributed by atoms with van der Waals surface area (Å²) in [6, 6.07) is 10.4. The SMILES string of the molecule is Cc1ccc(NCC(=O)Nc2cccc(F)c2)cc1S(=O)(=O)N(C)C. The fourth-order valence-corrected chi connectivity index (χ4v) is 3.28. The molecule has 0 saturated carbocycles. The second kappa shape index (κ2) is 7.62. The topological polar surface area (TPSA) is 78.5 Å². The zero-order valence-corrected chi connectivity index (χ0v) is 15.0. The summed E-state index contributed by atoms with van der Waals surface area (Å²) in [5.41, 5.74) is 1.47. The number of benzene rings is 2. The van der Waals surface area contributed by atoms with Crippen LogP contribution in [-0.4, -0.2) is 39.3 Å². The zero-order valence-electron chi connectivity index (χ0n) is 14.2. The molecule has 2 aromatic rings. The lowest BCUT2D eigenvalue weighted by Gasteiger charge is -2.15. The smallest absolute Gasteiger partial charge is 0.243 e. The molecule has 6 nitrogen and oxygen atoms in total. The van der Waals surface area contributed by atoms with Crippen molar-refractivity contribution >= 4 is 27.3 Å². The van der Waals surface area contributed by atoms with E-state index >= 15 is 0 Å². The number of sulfonamides is 1. The first-order valence-electron chi connectivity index (χ1n) is 7.52. The standard InChI is InChI=1S/C17H20FN3O3S/c1-12-7-8-14(10-16(12)25(23,24)21(2)3)19-11-17(22)20-15-6-4-5-13(18)9-15/h4-10,19H,11H2,1-3H3,(H,20,22). The monoisotopic (exact) mass is 365 g/mol. The number of carbonyl (C=O) groups is 1. The molecule has 0 atom stereocenters. The van der Waals surface area contributed by atoms with Gasteiger partial charge in [-0.3, -0.25) is 4.79 Å². The van der Waals surface area contributed by atoms with Gasteiger partial charge in [-0.15, -0.1) is 0 Å². The predicted molar refractivity (Wildman–Crippen MR) is 95.6 cm³/mol. The van der Waals surface area contributed by atoms with Crippen molar-refractivity contribution in [3.8, 4) is 0 Å². The van der Waals surface area contributed by atoms with E-state index < -0.39 is 15.8 Å². The Morgan fingerprint density at radius 1 is 1.12 bits per heavy atom. The van der Waals surface area contributed by atoms with E-state index in [1.54, 1.807) is 25.1 Å². The second-order valence-corrected chi connectivity index (χ2v) is 7.80. The molecule has 0 spiro atoms. The number of hydrogen-bond donors (Lipinski definition) is 2. The second-order valence-electron chi connectivity index (χ2n) is 5.68. The summed E-state index contributed by atoms with van der Waals surface area (Å²) < 4.78 is 38.8. The molecule has 0 aliphatic rings. The molecule has 0 bridgehead atoms. The molecular weight excluding hydrogens is 345 g/mol. The predicted octanol–water partition coefficient (Wildman–Crippen LogP) is 2.44. The van der Waals surface area contributed by atoms with Crippen molar-refractivity contribution in [2.45, 2.75) is 11.8 Å². The highest BCUT2D eigenvalue weighted by atomic mass is 32.2. The molecule has 0 heterocycles. The average Bonchev–Trinajstić information content (AvgIpc) is 2.53. The fraction of sp³-hybridized carbons (Fsp3) is 0.235. The fourth-order valence-electron chi connectivity index (χ4n) is 2.14. The summed E-state index contributed by atoms with van der Waals surface area (Å²) in [7, 11) is -0.652. The third-order valence-electron chi connectivity index (χ3n) is 3.51. The largest absolute Gasteiger partial charge is 0.376 e. The summed E-state index contributed by atoms with van der Waals surface area (Å²) in [6.45, 7) is 1.62. The Morgan fingerprint density at radius 3 is 2.48 bits per heavy atom. The third kappa shape index (κ3) is 4.77. The molecule has 134 valence electrons. The van der Waals surface area contributed by atoms with Crippen LogP contribution >= 0.6 is 0 Å². The normalized spacial score (nSPS) is 11.4. The van der Waals surface area contributed by atoms with E-state index in [0.717, 1.165) is 4.31 Å². The molecule has 2 rings (SSSR count). The molecule has 0 aliphatic heterocycles. The Kier molecular flexibility index (Phi) is 5.76. The van der Waals surface area contributed by atoms with Crippen LogP contribution in [0.1, 0.15) is 5.56 Å². The minimum atomic E-state index is -3.57. The molecule has 0 radical (unpaired) electrons. The first-order valence-corrected chi connectivity index (χ1v) is 8.96. The molecule has 25 heavy (non-hydrogen) atoms. The molecule has 0 fully saturated rings. The van der Waals surface area contributed by atoms with Crippen LogP contribution in [0.4, 0.5) is 15.8 Å². The highest BCUT2D eigenvalue weighted by molar-refractivity contribution is 7.89. The van der Waals surface area contributed by atoms with Crippen LogP contribution in [0.5, 0.6) is 0 Å². The first-order chi connectivity index (χ1) is 11.7. The van der Waals surface area contributed by atoms with Crippen molar-refractivity contribution in [3.05, 3.63) is 53.8 Å². The van der Waals surface area contributed by atoms with Crippen LogP contribution in [0.25, 0.3) is 0 Å². The number of halogens is 1. The zero-order chi connectivity index (χ0) is 18.6. The van der Waals surface area contributed by atoms with Gasteiger partial charge in [-0.2, -0.15) is 0 Å². The molecule has 0 aliphatic carbocycles. The van der Waals surface area contributed by atoms with Crippen LogP contribution < -0.4 is 10.6 Å². The van der Waals surface area contributed by atoms with Crippen LogP contribution in [0.2, 0.25) is 0 Å². The summed E-state index contributed by atoms with van der Waals surface area (Å²) in [5.74, 6) is -0.814. The number of nitrogens with one attached hydrogen (secondary N) is 2. The highest BCUT2D eigenvalue weighted by Crippen LogP contribution is 2.22. The van der Waals surface area contributed by atoms with E-state index in [9.17, 15) is 17.6 Å². The van der Waals surface area contributed by atoms with Gasteiger partial charge in [0.05, 0.1) is 11.4 Å². The Bertz CT molecular complexity index is 882. The summed E-state index contributed by atoms with van der Waals surface area (Å²) in [6.07, 6.45) is 0. The number of carbonyl (C=O) groups excluding carboxylic acids is 1. The number of anilines is 2. The number of rotatable bonds is 6. The van der Waals surface area contributed by atoms with Gasteiger partial charge in [0.2, 0.25) is 15.9 Å². The van der Waals surface area contributed by atoms with Crippen LogP contribution in [-0.2, 0) is 14.8 Å². The maximum Gasteiger partial charge on any atom is 0.243 e. The lowest BCUT2D eigenvalue weighted by molar-refractivity contribution is -0.114. The molecule has 8 heteroatoms. The van der Waals surface area contributed by atoms with Gasteiger partial charge in [0.1, 0.15) is 5.82 Å². The van der Waals surface area contributed by atoms with Gasteiger partial charge in [0.15, 0.2) is 0 Å². The van der Waals surface area contributed by atoms with Crippen molar-refractivity contribution in [2.24, 2.45) is 0 Å². The van der Waals surface area contributed by atoms with Gasteiger partial charge >= 0.3 is 0 Å². The van der Waals surface area contributed by atoms with Gasteiger partial charge in [0.25, 0.3) is 0 Å². The molecule has 1 amide bonds. The van der Waals surface area contributed by atoms with E-state index in [2.05, 4.69) is 10.6 Å². The van der Waals surface area contributed by atoms with Gasteiger partial charge in [-0.25, -0.2) is 17.1 Å². The quantitative estimate of drug-likeness (QED) is 0.824. The van der Waals surface area contributed by atoms with E-state index in [-0.39, 0.29) is 17.3 Å². The molecule has 2 N–H and O–H groups in total. The molecule has 0 aromatic heterocycles. The number of aryl methyl sites for hydroxylation is 1. The Morgan fingerprint density at radius 2 is 1.84 bits per heavy atom. The van der Waals surface area contributed by atoms with E-state index in [1.807, 2.05) is 0 Å². The highest BCUT2D eigenvalue weighted by Gasteiger charge is 2.20.